The van der Waals surface area contributed by atoms with Crippen LogP contribution in [0.1, 0.15) is 265 Å². The third-order valence-corrected chi connectivity index (χ3v) is 11.5. The first-order chi connectivity index (χ1) is 31.0. The molecule has 364 valence electrons. The standard InChI is InChI=1S/C57H100O6/c1-4-7-10-13-16-19-22-25-28-31-34-37-40-43-46-49-55(58)61-52-54(63-57(60)51-48-45-42-39-36-33-30-27-24-21-18-15-12-9-6-3)53-62-56(59)50-47-44-41-38-35-32-29-26-23-20-17-14-11-8-5-2/h9,12,18-19,21-22,26-27,29-30,54H,4-8,10-11,13-17,20,23-25,28,31-53H2,1-3H3/b12-9-,21-18-,22-19-,29-26-,30-27-/t54-/m0/s1. The van der Waals surface area contributed by atoms with Crippen LogP contribution in [-0.4, -0.2) is 37.2 Å². The average molecular weight is 881 g/mol. The van der Waals surface area contributed by atoms with E-state index in [4.69, 9.17) is 14.2 Å². The van der Waals surface area contributed by atoms with E-state index in [1.807, 2.05) is 0 Å². The van der Waals surface area contributed by atoms with Crippen molar-refractivity contribution in [2.45, 2.75) is 271 Å². The van der Waals surface area contributed by atoms with Crippen molar-refractivity contribution in [1.82, 2.24) is 0 Å². The Bertz CT molecular complexity index is 1150. The second-order valence-corrected chi connectivity index (χ2v) is 17.7. The second kappa shape index (κ2) is 51.7. The molecule has 0 aliphatic carbocycles. The maximum Gasteiger partial charge on any atom is 0.306 e. The molecular formula is C57H100O6. The zero-order valence-electron chi connectivity index (χ0n) is 41.6. The predicted molar refractivity (Wildman–Crippen MR) is 270 cm³/mol. The monoisotopic (exact) mass is 881 g/mol. The fourth-order valence-corrected chi connectivity index (χ4v) is 7.45. The molecule has 0 saturated heterocycles. The SMILES string of the molecule is CC/C=C\C/C=C\C/C=C\CCCCCCCC(=O)O[C@H](COC(=O)CCCCCCC/C=C\CCCCCCCC)COC(=O)CCCCCCCCC/C=C\CCCCCC. The number of carbonyl (C=O) groups excluding carboxylic acids is 3. The number of rotatable bonds is 48. The molecule has 0 aromatic carbocycles. The molecule has 6 heteroatoms. The number of unbranched alkanes of at least 4 members (excludes halogenated alkanes) is 27. The highest BCUT2D eigenvalue weighted by Crippen LogP contribution is 2.14. The summed E-state index contributed by atoms with van der Waals surface area (Å²) in [6.45, 7) is 6.50. The van der Waals surface area contributed by atoms with Crippen molar-refractivity contribution < 1.29 is 28.6 Å². The average Bonchev–Trinajstić information content (AvgIpc) is 3.28. The summed E-state index contributed by atoms with van der Waals surface area (Å²) in [7, 11) is 0. The molecule has 0 unspecified atom stereocenters. The van der Waals surface area contributed by atoms with E-state index in [1.165, 1.54) is 122 Å². The van der Waals surface area contributed by atoms with Gasteiger partial charge in [0.05, 0.1) is 0 Å². The van der Waals surface area contributed by atoms with Crippen molar-refractivity contribution in [2.75, 3.05) is 13.2 Å². The zero-order valence-corrected chi connectivity index (χ0v) is 41.6. The summed E-state index contributed by atoms with van der Waals surface area (Å²) in [6.07, 6.45) is 63.4. The van der Waals surface area contributed by atoms with Crippen molar-refractivity contribution in [3.8, 4) is 0 Å². The molecule has 0 bridgehead atoms. The quantitative estimate of drug-likeness (QED) is 0.0262. The van der Waals surface area contributed by atoms with E-state index in [0.29, 0.717) is 19.3 Å². The van der Waals surface area contributed by atoms with Crippen LogP contribution >= 0.6 is 0 Å². The highest BCUT2D eigenvalue weighted by molar-refractivity contribution is 5.71. The smallest absolute Gasteiger partial charge is 0.306 e. The van der Waals surface area contributed by atoms with Crippen LogP contribution in [0.5, 0.6) is 0 Å². The largest absolute Gasteiger partial charge is 0.462 e. The number of ether oxygens (including phenoxy) is 3. The van der Waals surface area contributed by atoms with Crippen LogP contribution in [0.2, 0.25) is 0 Å². The van der Waals surface area contributed by atoms with E-state index in [9.17, 15) is 14.4 Å². The van der Waals surface area contributed by atoms with Crippen LogP contribution < -0.4 is 0 Å². The molecule has 0 N–H and O–H groups in total. The maximum absolute atomic E-state index is 12.8. The molecule has 0 radical (unpaired) electrons. The maximum atomic E-state index is 12.8. The Kier molecular flexibility index (Phi) is 49.4. The highest BCUT2D eigenvalue weighted by Gasteiger charge is 2.19. The normalized spacial score (nSPS) is 12.5. The molecule has 0 saturated carbocycles. The van der Waals surface area contributed by atoms with Crippen LogP contribution in [0, 0.1) is 0 Å². The molecule has 0 rings (SSSR count). The van der Waals surface area contributed by atoms with Gasteiger partial charge < -0.3 is 14.2 Å². The third-order valence-electron chi connectivity index (χ3n) is 11.5. The van der Waals surface area contributed by atoms with Crippen LogP contribution in [0.3, 0.4) is 0 Å². The molecule has 0 amide bonds. The van der Waals surface area contributed by atoms with Crippen molar-refractivity contribution in [3.05, 3.63) is 60.8 Å². The number of esters is 3. The van der Waals surface area contributed by atoms with Gasteiger partial charge in [-0.2, -0.15) is 0 Å². The molecule has 0 fully saturated rings. The van der Waals surface area contributed by atoms with Gasteiger partial charge in [0.25, 0.3) is 0 Å². The van der Waals surface area contributed by atoms with E-state index in [2.05, 4.69) is 81.5 Å². The summed E-state index contributed by atoms with van der Waals surface area (Å²) in [5.74, 6) is -0.910. The van der Waals surface area contributed by atoms with E-state index in [0.717, 1.165) is 103 Å². The number of hydrogen-bond donors (Lipinski definition) is 0. The Hall–Kier alpha value is -2.89. The van der Waals surface area contributed by atoms with Gasteiger partial charge in [0, 0.05) is 19.3 Å². The zero-order chi connectivity index (χ0) is 45.8. The van der Waals surface area contributed by atoms with Crippen molar-refractivity contribution in [3.63, 3.8) is 0 Å². The molecule has 1 atom stereocenters. The lowest BCUT2D eigenvalue weighted by atomic mass is 10.1. The number of hydrogen-bond acceptors (Lipinski definition) is 6. The van der Waals surface area contributed by atoms with Gasteiger partial charge in [0.1, 0.15) is 13.2 Å². The lowest BCUT2D eigenvalue weighted by molar-refractivity contribution is -0.167. The van der Waals surface area contributed by atoms with E-state index < -0.39 is 6.10 Å². The van der Waals surface area contributed by atoms with Crippen LogP contribution in [0.15, 0.2) is 60.8 Å². The first-order valence-corrected chi connectivity index (χ1v) is 26.8. The fourth-order valence-electron chi connectivity index (χ4n) is 7.45. The summed E-state index contributed by atoms with van der Waals surface area (Å²) in [4.78, 5) is 38.0. The first kappa shape index (κ1) is 60.1. The van der Waals surface area contributed by atoms with Gasteiger partial charge in [-0.05, 0) is 103 Å². The summed E-state index contributed by atoms with van der Waals surface area (Å²) < 4.78 is 16.8. The van der Waals surface area contributed by atoms with Gasteiger partial charge >= 0.3 is 17.9 Å². The second-order valence-electron chi connectivity index (χ2n) is 17.7. The van der Waals surface area contributed by atoms with Gasteiger partial charge in [-0.3, -0.25) is 14.4 Å². The first-order valence-electron chi connectivity index (χ1n) is 26.8. The van der Waals surface area contributed by atoms with Crippen LogP contribution in [0.25, 0.3) is 0 Å². The summed E-state index contributed by atoms with van der Waals surface area (Å²) in [5, 5.41) is 0. The molecule has 0 aliphatic heterocycles. The van der Waals surface area contributed by atoms with E-state index >= 15 is 0 Å². The van der Waals surface area contributed by atoms with Gasteiger partial charge in [-0.1, -0.05) is 204 Å². The van der Waals surface area contributed by atoms with Gasteiger partial charge in [-0.15, -0.1) is 0 Å². The van der Waals surface area contributed by atoms with E-state index in [-0.39, 0.29) is 31.1 Å². The van der Waals surface area contributed by atoms with Gasteiger partial charge in [-0.25, -0.2) is 0 Å². The predicted octanol–water partition coefficient (Wildman–Crippen LogP) is 17.6. The lowest BCUT2D eigenvalue weighted by Crippen LogP contribution is -2.30. The third kappa shape index (κ3) is 50.0. The van der Waals surface area contributed by atoms with Gasteiger partial charge in [0.15, 0.2) is 6.10 Å². The summed E-state index contributed by atoms with van der Waals surface area (Å²) in [5.41, 5.74) is 0. The Morgan fingerprint density at radius 2 is 0.619 bits per heavy atom. The minimum atomic E-state index is -0.787. The van der Waals surface area contributed by atoms with Crippen molar-refractivity contribution in [2.24, 2.45) is 0 Å². The minimum Gasteiger partial charge on any atom is -0.462 e. The minimum absolute atomic E-state index is 0.0857. The van der Waals surface area contributed by atoms with Crippen LogP contribution in [-0.2, 0) is 28.6 Å². The molecule has 6 nitrogen and oxygen atoms in total. The Morgan fingerprint density at radius 3 is 1.00 bits per heavy atom. The highest BCUT2D eigenvalue weighted by atomic mass is 16.6. The van der Waals surface area contributed by atoms with Crippen LogP contribution in [0.4, 0.5) is 0 Å². The Balaban J connectivity index is 4.42. The molecular weight excluding hydrogens is 781 g/mol. The lowest BCUT2D eigenvalue weighted by Gasteiger charge is -2.18. The van der Waals surface area contributed by atoms with Gasteiger partial charge in [0.2, 0.25) is 0 Å². The molecule has 0 aliphatic rings. The fraction of sp³-hybridized carbons (Fsp3) is 0.772. The number of allylic oxidation sites excluding steroid dienone is 10. The van der Waals surface area contributed by atoms with Crippen molar-refractivity contribution in [1.29, 1.82) is 0 Å². The Labute approximate surface area is 390 Å². The molecule has 0 aromatic rings. The van der Waals surface area contributed by atoms with E-state index in [1.54, 1.807) is 0 Å². The van der Waals surface area contributed by atoms with Crippen molar-refractivity contribution >= 4 is 17.9 Å². The Morgan fingerprint density at radius 1 is 0.333 bits per heavy atom. The molecule has 0 heterocycles. The summed E-state index contributed by atoms with van der Waals surface area (Å²) >= 11 is 0. The summed E-state index contributed by atoms with van der Waals surface area (Å²) in [6, 6.07) is 0. The topological polar surface area (TPSA) is 78.9 Å². The molecule has 0 spiro atoms. The molecule has 0 aromatic heterocycles. The molecule has 63 heavy (non-hydrogen) atoms. The number of carbonyl (C=O) groups is 3.